The predicted octanol–water partition coefficient (Wildman–Crippen LogP) is 3.78. The fourth-order valence-corrected chi connectivity index (χ4v) is 5.78. The SMILES string of the molecule is Nc1ncnn2c(-c3cccc([C@]4(C(=O)NC5CC5)C[C@](O)(C(F)(F)F)C4)c3)cc(-c3ccnn3C3CC3)c12. The van der Waals surface area contributed by atoms with E-state index in [4.69, 9.17) is 5.73 Å². The Labute approximate surface area is 220 Å². The number of rotatable bonds is 6. The maximum Gasteiger partial charge on any atom is 0.417 e. The van der Waals surface area contributed by atoms with Crippen LogP contribution in [0.2, 0.25) is 0 Å². The molecule has 3 fully saturated rings. The summed E-state index contributed by atoms with van der Waals surface area (Å²) in [6.07, 6.45) is 0.441. The smallest absolute Gasteiger partial charge is 0.382 e. The number of aliphatic hydroxyl groups is 1. The van der Waals surface area contributed by atoms with Gasteiger partial charge in [-0.05, 0) is 49.4 Å². The van der Waals surface area contributed by atoms with Gasteiger partial charge in [-0.25, -0.2) is 9.50 Å². The van der Waals surface area contributed by atoms with Crippen LogP contribution in [0, 0.1) is 0 Å². The Morgan fingerprint density at radius 2 is 1.85 bits per heavy atom. The maximum atomic E-state index is 13.7. The Hall–Kier alpha value is -3.93. The van der Waals surface area contributed by atoms with Gasteiger partial charge in [0.15, 0.2) is 11.4 Å². The molecule has 3 aliphatic carbocycles. The van der Waals surface area contributed by atoms with E-state index in [0.29, 0.717) is 28.4 Å². The zero-order chi connectivity index (χ0) is 27.2. The van der Waals surface area contributed by atoms with E-state index in [-0.39, 0.29) is 11.9 Å². The van der Waals surface area contributed by atoms with Gasteiger partial charge < -0.3 is 16.2 Å². The van der Waals surface area contributed by atoms with Crippen molar-refractivity contribution >= 4 is 17.2 Å². The number of nitrogens with two attached hydrogens (primary N) is 1. The van der Waals surface area contributed by atoms with Crippen LogP contribution in [0.3, 0.4) is 0 Å². The second-order valence-corrected chi connectivity index (χ2v) is 11.0. The molecule has 39 heavy (non-hydrogen) atoms. The van der Waals surface area contributed by atoms with Crippen LogP contribution in [-0.4, -0.2) is 53.2 Å². The molecule has 4 N–H and O–H groups in total. The van der Waals surface area contributed by atoms with Crippen LogP contribution < -0.4 is 11.1 Å². The van der Waals surface area contributed by atoms with Gasteiger partial charge in [0.25, 0.3) is 0 Å². The number of aromatic nitrogens is 5. The van der Waals surface area contributed by atoms with Crippen LogP contribution in [0.15, 0.2) is 48.9 Å². The van der Waals surface area contributed by atoms with Gasteiger partial charge in [-0.1, -0.05) is 18.2 Å². The minimum Gasteiger partial charge on any atom is -0.382 e. The first-order chi connectivity index (χ1) is 18.6. The van der Waals surface area contributed by atoms with E-state index < -0.39 is 35.9 Å². The summed E-state index contributed by atoms with van der Waals surface area (Å²) in [4.78, 5) is 17.5. The van der Waals surface area contributed by atoms with E-state index in [0.717, 1.165) is 36.9 Å². The third kappa shape index (κ3) is 3.72. The molecule has 0 aliphatic heterocycles. The monoisotopic (exact) mass is 537 g/mol. The van der Waals surface area contributed by atoms with Gasteiger partial charge in [0.2, 0.25) is 5.91 Å². The molecule has 12 heteroatoms. The Bertz CT molecular complexity index is 1610. The number of halogens is 3. The number of nitrogens with one attached hydrogen (secondary N) is 1. The third-order valence-electron chi connectivity index (χ3n) is 8.20. The summed E-state index contributed by atoms with van der Waals surface area (Å²) in [5, 5.41) is 22.1. The largest absolute Gasteiger partial charge is 0.417 e. The number of nitrogens with zero attached hydrogens (tertiary/aromatic N) is 5. The molecular formula is C27H26F3N7O2. The predicted molar refractivity (Wildman–Crippen MR) is 135 cm³/mol. The molecule has 7 rings (SSSR count). The van der Waals surface area contributed by atoms with E-state index >= 15 is 0 Å². The summed E-state index contributed by atoms with van der Waals surface area (Å²) in [6, 6.07) is 11.0. The van der Waals surface area contributed by atoms with E-state index in [2.05, 4.69) is 20.5 Å². The average Bonchev–Trinajstić information content (AvgIpc) is 3.80. The van der Waals surface area contributed by atoms with E-state index in [1.54, 1.807) is 28.9 Å². The Morgan fingerprint density at radius 1 is 1.08 bits per heavy atom. The van der Waals surface area contributed by atoms with Crippen molar-refractivity contribution in [3.63, 3.8) is 0 Å². The van der Waals surface area contributed by atoms with Crippen molar-refractivity contribution < 1.29 is 23.1 Å². The van der Waals surface area contributed by atoms with Gasteiger partial charge in [-0.2, -0.15) is 23.4 Å². The van der Waals surface area contributed by atoms with Crippen LogP contribution in [0.25, 0.3) is 28.0 Å². The summed E-state index contributed by atoms with van der Waals surface area (Å²) in [6.45, 7) is 0. The number of nitrogen functional groups attached to an aromatic ring is 1. The lowest BCUT2D eigenvalue weighted by molar-refractivity contribution is -0.301. The first-order valence-electron chi connectivity index (χ1n) is 13.0. The molecule has 0 unspecified atom stereocenters. The molecule has 0 saturated heterocycles. The standard InChI is InChI=1S/C27H26F3N7O2/c28-27(29,30)26(39)12-25(13-26,24(38)35-17-4-5-17)16-3-1-2-15(10-16)21-11-19(22-23(31)32-14-34-37(21)22)20-8-9-33-36(20)18-6-7-18/h1-3,8-11,14,17-18,39H,4-7,12-13H2,(H,35,38)(H2,31,32,34)/t25-,26+. The zero-order valence-corrected chi connectivity index (χ0v) is 20.8. The van der Waals surface area contributed by atoms with Gasteiger partial charge >= 0.3 is 6.18 Å². The molecule has 0 spiro atoms. The molecule has 4 aromatic rings. The summed E-state index contributed by atoms with van der Waals surface area (Å²) < 4.78 is 44.6. The summed E-state index contributed by atoms with van der Waals surface area (Å²) in [7, 11) is 0. The second-order valence-electron chi connectivity index (χ2n) is 11.0. The molecule has 1 aromatic carbocycles. The number of hydrogen-bond acceptors (Lipinski definition) is 6. The minimum absolute atomic E-state index is 0.0368. The molecule has 3 saturated carbocycles. The molecule has 3 aromatic heterocycles. The summed E-state index contributed by atoms with van der Waals surface area (Å²) in [5.74, 6) is -0.211. The number of fused-ring (bicyclic) bond motifs is 1. The lowest BCUT2D eigenvalue weighted by Gasteiger charge is -2.52. The highest BCUT2D eigenvalue weighted by Crippen LogP contribution is 2.57. The van der Waals surface area contributed by atoms with Crippen molar-refractivity contribution in [2.24, 2.45) is 0 Å². The first-order valence-corrected chi connectivity index (χ1v) is 13.0. The Kier molecular flexibility index (Phi) is 4.98. The topological polar surface area (TPSA) is 123 Å². The number of amides is 1. The van der Waals surface area contributed by atoms with Crippen molar-refractivity contribution in [1.29, 1.82) is 0 Å². The van der Waals surface area contributed by atoms with Crippen molar-refractivity contribution in [3.05, 3.63) is 54.5 Å². The summed E-state index contributed by atoms with van der Waals surface area (Å²) >= 11 is 0. The van der Waals surface area contributed by atoms with Crippen molar-refractivity contribution in [3.8, 4) is 22.5 Å². The average molecular weight is 538 g/mol. The molecule has 0 radical (unpaired) electrons. The molecule has 0 atom stereocenters. The lowest BCUT2D eigenvalue weighted by Crippen LogP contribution is -2.67. The number of anilines is 1. The van der Waals surface area contributed by atoms with Gasteiger partial charge in [0.1, 0.15) is 11.8 Å². The number of hydrogen-bond donors (Lipinski definition) is 3. The minimum atomic E-state index is -4.83. The molecule has 0 bridgehead atoms. The number of carbonyl (C=O) groups is 1. The third-order valence-corrected chi connectivity index (χ3v) is 8.20. The lowest BCUT2D eigenvalue weighted by atomic mass is 9.55. The van der Waals surface area contributed by atoms with Crippen molar-refractivity contribution in [1.82, 2.24) is 29.7 Å². The highest BCUT2D eigenvalue weighted by molar-refractivity contribution is 5.93. The molecule has 1 amide bonds. The maximum absolute atomic E-state index is 13.7. The number of benzene rings is 1. The number of alkyl halides is 3. The van der Waals surface area contributed by atoms with E-state index in [1.807, 2.05) is 22.9 Å². The van der Waals surface area contributed by atoms with Crippen LogP contribution in [0.4, 0.5) is 19.0 Å². The normalized spacial score (nSPS) is 25.0. The van der Waals surface area contributed by atoms with Gasteiger partial charge in [-0.15, -0.1) is 0 Å². The van der Waals surface area contributed by atoms with Gasteiger partial charge in [0.05, 0.1) is 22.8 Å². The van der Waals surface area contributed by atoms with Crippen molar-refractivity contribution in [2.75, 3.05) is 5.73 Å². The molecule has 3 heterocycles. The van der Waals surface area contributed by atoms with E-state index in [9.17, 15) is 23.1 Å². The van der Waals surface area contributed by atoms with Gasteiger partial charge in [-0.3, -0.25) is 9.48 Å². The Balaban J connectivity index is 1.34. The van der Waals surface area contributed by atoms with Crippen molar-refractivity contribution in [2.45, 2.75) is 67.8 Å². The fourth-order valence-electron chi connectivity index (χ4n) is 5.78. The zero-order valence-electron chi connectivity index (χ0n) is 20.8. The first kappa shape index (κ1) is 24.1. The highest BCUT2D eigenvalue weighted by Gasteiger charge is 2.70. The van der Waals surface area contributed by atoms with Crippen LogP contribution >= 0.6 is 0 Å². The van der Waals surface area contributed by atoms with E-state index in [1.165, 1.54) is 6.33 Å². The fraction of sp³-hybridized carbons (Fsp3) is 0.407. The van der Waals surface area contributed by atoms with Crippen LogP contribution in [0.5, 0.6) is 0 Å². The summed E-state index contributed by atoms with van der Waals surface area (Å²) in [5.41, 5.74) is 5.83. The van der Waals surface area contributed by atoms with Gasteiger partial charge in [0, 0.05) is 36.2 Å². The molecule has 9 nitrogen and oxygen atoms in total. The molecule has 3 aliphatic rings. The van der Waals surface area contributed by atoms with Crippen LogP contribution in [-0.2, 0) is 10.2 Å². The number of carbonyl (C=O) groups excluding carboxylic acids is 1. The highest BCUT2D eigenvalue weighted by atomic mass is 19.4. The quantitative estimate of drug-likeness (QED) is 0.344. The Morgan fingerprint density at radius 3 is 2.54 bits per heavy atom. The van der Waals surface area contributed by atoms with Crippen LogP contribution in [0.1, 0.15) is 50.1 Å². The second kappa shape index (κ2) is 8.04. The molecule has 202 valence electrons. The molecular weight excluding hydrogens is 511 g/mol.